The quantitative estimate of drug-likeness (QED) is 0.517. The lowest BCUT2D eigenvalue weighted by Gasteiger charge is -2.08. The Morgan fingerprint density at radius 2 is 2.33 bits per heavy atom. The van der Waals surface area contributed by atoms with Crippen LogP contribution in [0.2, 0.25) is 0 Å². The van der Waals surface area contributed by atoms with E-state index < -0.39 is 0 Å². The van der Waals surface area contributed by atoms with E-state index in [9.17, 15) is 0 Å². The van der Waals surface area contributed by atoms with Crippen molar-refractivity contribution in [1.29, 1.82) is 0 Å². The highest BCUT2D eigenvalue weighted by Gasteiger charge is 1.96. The van der Waals surface area contributed by atoms with E-state index in [0.29, 0.717) is 6.10 Å². The van der Waals surface area contributed by atoms with Crippen molar-refractivity contribution in [2.24, 2.45) is 0 Å². The molecule has 54 valence electrons. The van der Waals surface area contributed by atoms with Crippen molar-refractivity contribution in [3.8, 4) is 0 Å². The molecule has 0 aliphatic rings. The Hall–Kier alpha value is -0.460. The lowest BCUT2D eigenvalue weighted by Crippen LogP contribution is -2.02. The van der Waals surface area contributed by atoms with Crippen molar-refractivity contribution >= 4 is 0 Å². The van der Waals surface area contributed by atoms with Gasteiger partial charge in [-0.2, -0.15) is 0 Å². The average Bonchev–Trinajstić information content (AvgIpc) is 1.85. The SMILES string of the molecule is C=COC(C)CCCC. The third-order valence-electron chi connectivity index (χ3n) is 1.29. The molecule has 0 aromatic rings. The Balaban J connectivity index is 3.04. The molecule has 1 nitrogen and oxygen atoms in total. The van der Waals surface area contributed by atoms with Gasteiger partial charge in [-0.3, -0.25) is 0 Å². The van der Waals surface area contributed by atoms with Crippen molar-refractivity contribution in [2.45, 2.75) is 39.2 Å². The van der Waals surface area contributed by atoms with Crippen molar-refractivity contribution in [3.05, 3.63) is 12.8 Å². The molecule has 0 fully saturated rings. The highest BCUT2D eigenvalue weighted by molar-refractivity contribution is 4.56. The third-order valence-corrected chi connectivity index (χ3v) is 1.29. The fourth-order valence-electron chi connectivity index (χ4n) is 0.724. The molecular weight excluding hydrogens is 112 g/mol. The van der Waals surface area contributed by atoms with E-state index in [1.807, 2.05) is 0 Å². The molecule has 0 heterocycles. The second-order valence-corrected chi connectivity index (χ2v) is 2.26. The Bertz CT molecular complexity index is 69.0. The first-order chi connectivity index (χ1) is 4.31. The summed E-state index contributed by atoms with van der Waals surface area (Å²) < 4.78 is 5.11. The third kappa shape index (κ3) is 5.41. The molecule has 0 bridgehead atoms. The zero-order chi connectivity index (χ0) is 7.11. The Morgan fingerprint density at radius 1 is 1.67 bits per heavy atom. The molecule has 1 atom stereocenters. The number of ether oxygens (including phenoxy) is 1. The van der Waals surface area contributed by atoms with Crippen molar-refractivity contribution < 1.29 is 4.74 Å². The first-order valence-electron chi connectivity index (χ1n) is 3.57. The summed E-state index contributed by atoms with van der Waals surface area (Å²) >= 11 is 0. The molecule has 0 amide bonds. The molecule has 0 saturated carbocycles. The second kappa shape index (κ2) is 5.67. The maximum absolute atomic E-state index is 5.11. The Labute approximate surface area is 57.7 Å². The second-order valence-electron chi connectivity index (χ2n) is 2.26. The van der Waals surface area contributed by atoms with Gasteiger partial charge in [0.05, 0.1) is 12.4 Å². The molecule has 0 aromatic heterocycles. The molecule has 0 rings (SSSR count). The average molecular weight is 128 g/mol. The van der Waals surface area contributed by atoms with Crippen molar-refractivity contribution in [1.82, 2.24) is 0 Å². The van der Waals surface area contributed by atoms with Crippen LogP contribution in [0.25, 0.3) is 0 Å². The van der Waals surface area contributed by atoms with Gasteiger partial charge in [-0.1, -0.05) is 26.3 Å². The molecule has 1 unspecified atom stereocenters. The van der Waals surface area contributed by atoms with Crippen molar-refractivity contribution in [3.63, 3.8) is 0 Å². The van der Waals surface area contributed by atoms with Gasteiger partial charge in [-0.25, -0.2) is 0 Å². The topological polar surface area (TPSA) is 9.23 Å². The van der Waals surface area contributed by atoms with E-state index in [-0.39, 0.29) is 0 Å². The van der Waals surface area contributed by atoms with Crippen LogP contribution in [-0.4, -0.2) is 6.10 Å². The minimum Gasteiger partial charge on any atom is -0.499 e. The lowest BCUT2D eigenvalue weighted by molar-refractivity contribution is 0.151. The van der Waals surface area contributed by atoms with Crippen LogP contribution in [0.1, 0.15) is 33.1 Å². The summed E-state index contributed by atoms with van der Waals surface area (Å²) in [5.74, 6) is 0. The summed E-state index contributed by atoms with van der Waals surface area (Å²) in [6, 6.07) is 0. The fourth-order valence-corrected chi connectivity index (χ4v) is 0.724. The van der Waals surface area contributed by atoms with Gasteiger partial charge in [0.2, 0.25) is 0 Å². The van der Waals surface area contributed by atoms with Gasteiger partial charge in [0, 0.05) is 0 Å². The van der Waals surface area contributed by atoms with E-state index in [2.05, 4.69) is 20.4 Å². The van der Waals surface area contributed by atoms with E-state index in [1.54, 1.807) is 0 Å². The maximum atomic E-state index is 5.11. The molecular formula is C8H16O. The predicted octanol–water partition coefficient (Wildman–Crippen LogP) is 2.73. The van der Waals surface area contributed by atoms with Gasteiger partial charge in [0.25, 0.3) is 0 Å². The van der Waals surface area contributed by atoms with E-state index >= 15 is 0 Å². The Morgan fingerprint density at radius 3 is 2.78 bits per heavy atom. The highest BCUT2D eigenvalue weighted by atomic mass is 16.5. The van der Waals surface area contributed by atoms with Crippen LogP contribution in [0.5, 0.6) is 0 Å². The maximum Gasteiger partial charge on any atom is 0.0950 e. The zero-order valence-electron chi connectivity index (χ0n) is 6.39. The smallest absolute Gasteiger partial charge is 0.0950 e. The van der Waals surface area contributed by atoms with Crippen LogP contribution in [0, 0.1) is 0 Å². The summed E-state index contributed by atoms with van der Waals surface area (Å²) in [5.41, 5.74) is 0. The van der Waals surface area contributed by atoms with Crippen LogP contribution < -0.4 is 0 Å². The number of unbranched alkanes of at least 4 members (excludes halogenated alkanes) is 1. The summed E-state index contributed by atoms with van der Waals surface area (Å²) in [6.07, 6.45) is 5.49. The molecule has 1 heteroatoms. The fraction of sp³-hybridized carbons (Fsp3) is 0.750. The molecule has 9 heavy (non-hydrogen) atoms. The highest BCUT2D eigenvalue weighted by Crippen LogP contribution is 2.02. The van der Waals surface area contributed by atoms with Gasteiger partial charge in [0.15, 0.2) is 0 Å². The molecule has 0 radical (unpaired) electrons. The standard InChI is InChI=1S/C8H16O/c1-4-6-7-8(3)9-5-2/h5,8H,2,4,6-7H2,1,3H3. The summed E-state index contributed by atoms with van der Waals surface area (Å²) in [7, 11) is 0. The molecule has 0 aliphatic carbocycles. The summed E-state index contributed by atoms with van der Waals surface area (Å²) in [6.45, 7) is 7.73. The van der Waals surface area contributed by atoms with E-state index in [1.165, 1.54) is 19.1 Å². The van der Waals surface area contributed by atoms with Gasteiger partial charge in [-0.15, -0.1) is 0 Å². The minimum absolute atomic E-state index is 0.349. The number of hydrogen-bond donors (Lipinski definition) is 0. The lowest BCUT2D eigenvalue weighted by atomic mass is 10.2. The minimum atomic E-state index is 0.349. The van der Waals surface area contributed by atoms with Crippen LogP contribution in [0.4, 0.5) is 0 Å². The molecule has 0 aliphatic heterocycles. The van der Waals surface area contributed by atoms with Crippen LogP contribution in [-0.2, 0) is 4.74 Å². The van der Waals surface area contributed by atoms with Crippen LogP contribution in [0.3, 0.4) is 0 Å². The predicted molar refractivity (Wildman–Crippen MR) is 40.3 cm³/mol. The summed E-state index contributed by atoms with van der Waals surface area (Å²) in [5, 5.41) is 0. The molecule has 0 aromatic carbocycles. The van der Waals surface area contributed by atoms with Gasteiger partial charge in [0.1, 0.15) is 0 Å². The monoisotopic (exact) mass is 128 g/mol. The van der Waals surface area contributed by atoms with E-state index in [0.717, 1.165) is 6.42 Å². The molecule has 0 N–H and O–H groups in total. The summed E-state index contributed by atoms with van der Waals surface area (Å²) in [4.78, 5) is 0. The van der Waals surface area contributed by atoms with Crippen LogP contribution >= 0.6 is 0 Å². The first-order valence-corrected chi connectivity index (χ1v) is 3.57. The first kappa shape index (κ1) is 8.54. The normalized spacial score (nSPS) is 12.7. The Kier molecular flexibility index (Phi) is 5.38. The van der Waals surface area contributed by atoms with Gasteiger partial charge in [-0.05, 0) is 13.3 Å². The molecule has 0 saturated heterocycles. The van der Waals surface area contributed by atoms with Crippen LogP contribution in [0.15, 0.2) is 12.8 Å². The zero-order valence-corrected chi connectivity index (χ0v) is 6.39. The largest absolute Gasteiger partial charge is 0.499 e. The number of rotatable bonds is 5. The van der Waals surface area contributed by atoms with Gasteiger partial charge < -0.3 is 4.74 Å². The number of hydrogen-bond acceptors (Lipinski definition) is 1. The van der Waals surface area contributed by atoms with Crippen molar-refractivity contribution in [2.75, 3.05) is 0 Å². The molecule has 0 spiro atoms. The van der Waals surface area contributed by atoms with Gasteiger partial charge >= 0.3 is 0 Å². The van der Waals surface area contributed by atoms with E-state index in [4.69, 9.17) is 4.74 Å².